The van der Waals surface area contributed by atoms with Crippen molar-refractivity contribution >= 4 is 29.9 Å². The fourth-order valence-corrected chi connectivity index (χ4v) is 3.96. The third-order valence-electron chi connectivity index (χ3n) is 5.94. The van der Waals surface area contributed by atoms with Crippen molar-refractivity contribution in [3.05, 3.63) is 65.0 Å². The third-order valence-corrected chi connectivity index (χ3v) is 5.94. The first-order chi connectivity index (χ1) is 15.6. The van der Waals surface area contributed by atoms with E-state index in [1.165, 1.54) is 12.1 Å². The number of ether oxygens (including phenoxy) is 3. The molecule has 33 heavy (non-hydrogen) atoms. The van der Waals surface area contributed by atoms with E-state index in [-0.39, 0.29) is 35.2 Å². The first-order valence-electron chi connectivity index (χ1n) is 11.1. The molecule has 1 aliphatic heterocycles. The number of hydrogen-bond acceptors (Lipinski definition) is 4. The van der Waals surface area contributed by atoms with Crippen molar-refractivity contribution in [1.29, 1.82) is 0 Å². The Kier molecular flexibility index (Phi) is 11.4. The minimum Gasteiger partial charge on any atom is -0.491 e. The molecule has 8 heteroatoms. The Morgan fingerprint density at radius 1 is 1.09 bits per heavy atom. The molecule has 0 atom stereocenters. The zero-order valence-corrected chi connectivity index (χ0v) is 22.0. The second kappa shape index (κ2) is 13.7. The van der Waals surface area contributed by atoms with Gasteiger partial charge in [-0.25, -0.2) is 4.39 Å². The molecule has 1 saturated heterocycles. The van der Waals surface area contributed by atoms with E-state index < -0.39 is 0 Å². The molecule has 2 N–H and O–H groups in total. The fourth-order valence-electron chi connectivity index (χ4n) is 3.96. The van der Waals surface area contributed by atoms with Crippen LogP contribution in [0.2, 0.25) is 0 Å². The zero-order valence-electron chi connectivity index (χ0n) is 19.7. The minimum atomic E-state index is -0.219. The van der Waals surface area contributed by atoms with Gasteiger partial charge in [0.25, 0.3) is 0 Å². The maximum Gasteiger partial charge on any atom is 0.191 e. The van der Waals surface area contributed by atoms with Crippen LogP contribution < -0.4 is 15.4 Å². The average molecular weight is 571 g/mol. The summed E-state index contributed by atoms with van der Waals surface area (Å²) in [5.74, 6) is 1.33. The largest absolute Gasteiger partial charge is 0.491 e. The van der Waals surface area contributed by atoms with E-state index in [1.54, 1.807) is 14.2 Å². The van der Waals surface area contributed by atoms with Gasteiger partial charge in [0.1, 0.15) is 18.2 Å². The Hall–Kier alpha value is -1.91. The summed E-state index contributed by atoms with van der Waals surface area (Å²) in [5, 5.41) is 6.86. The normalized spacial score (nSPS) is 15.5. The predicted molar refractivity (Wildman–Crippen MR) is 140 cm³/mol. The molecule has 0 spiro atoms. The van der Waals surface area contributed by atoms with E-state index in [9.17, 15) is 4.39 Å². The van der Waals surface area contributed by atoms with E-state index in [1.807, 2.05) is 25.1 Å². The van der Waals surface area contributed by atoms with E-state index in [4.69, 9.17) is 14.2 Å². The van der Waals surface area contributed by atoms with Crippen molar-refractivity contribution in [1.82, 2.24) is 10.6 Å². The Bertz CT molecular complexity index is 887. The van der Waals surface area contributed by atoms with Crippen molar-refractivity contribution in [2.24, 2.45) is 4.99 Å². The zero-order chi connectivity index (χ0) is 22.8. The van der Waals surface area contributed by atoms with Crippen LogP contribution in [0.4, 0.5) is 4.39 Å². The molecule has 1 fully saturated rings. The minimum absolute atomic E-state index is 0. The van der Waals surface area contributed by atoms with Crippen LogP contribution in [0.3, 0.4) is 0 Å². The van der Waals surface area contributed by atoms with Gasteiger partial charge in [-0.1, -0.05) is 24.3 Å². The van der Waals surface area contributed by atoms with Gasteiger partial charge in [0, 0.05) is 51.4 Å². The summed E-state index contributed by atoms with van der Waals surface area (Å²) in [6, 6.07) is 13.0. The van der Waals surface area contributed by atoms with E-state index in [0.717, 1.165) is 35.3 Å². The second-order valence-corrected chi connectivity index (χ2v) is 8.13. The summed E-state index contributed by atoms with van der Waals surface area (Å²) in [7, 11) is 3.42. The number of aryl methyl sites for hydroxylation is 1. The summed E-state index contributed by atoms with van der Waals surface area (Å²) < 4.78 is 30.1. The second-order valence-electron chi connectivity index (χ2n) is 8.13. The van der Waals surface area contributed by atoms with Crippen LogP contribution in [0, 0.1) is 12.7 Å². The molecule has 1 aliphatic rings. The molecule has 182 valence electrons. The van der Waals surface area contributed by atoms with Crippen LogP contribution >= 0.6 is 24.0 Å². The molecule has 0 radical (unpaired) electrons. The van der Waals surface area contributed by atoms with Crippen molar-refractivity contribution in [2.75, 3.05) is 47.1 Å². The highest BCUT2D eigenvalue weighted by Crippen LogP contribution is 2.34. The van der Waals surface area contributed by atoms with Crippen LogP contribution in [0.15, 0.2) is 47.5 Å². The highest BCUT2D eigenvalue weighted by Gasteiger charge is 2.34. The van der Waals surface area contributed by atoms with Crippen molar-refractivity contribution in [3.63, 3.8) is 0 Å². The Balaban J connectivity index is 0.00000385. The van der Waals surface area contributed by atoms with Gasteiger partial charge in [-0.05, 0) is 49.1 Å². The van der Waals surface area contributed by atoms with Gasteiger partial charge < -0.3 is 24.8 Å². The van der Waals surface area contributed by atoms with Crippen LogP contribution in [0.25, 0.3) is 0 Å². The average Bonchev–Trinajstić information content (AvgIpc) is 2.81. The topological polar surface area (TPSA) is 64.1 Å². The van der Waals surface area contributed by atoms with Gasteiger partial charge in [0.15, 0.2) is 5.96 Å². The molecule has 0 unspecified atom stereocenters. The van der Waals surface area contributed by atoms with Gasteiger partial charge in [0.05, 0.1) is 6.61 Å². The Morgan fingerprint density at radius 3 is 2.48 bits per heavy atom. The van der Waals surface area contributed by atoms with Crippen molar-refractivity contribution in [2.45, 2.75) is 31.7 Å². The number of methoxy groups -OCH3 is 1. The molecule has 2 aromatic carbocycles. The summed E-state index contributed by atoms with van der Waals surface area (Å²) in [5.41, 5.74) is 3.19. The highest BCUT2D eigenvalue weighted by atomic mass is 127. The number of benzene rings is 2. The Labute approximate surface area is 213 Å². The lowest BCUT2D eigenvalue weighted by Crippen LogP contribution is -2.48. The van der Waals surface area contributed by atoms with Gasteiger partial charge in [-0.3, -0.25) is 4.99 Å². The van der Waals surface area contributed by atoms with Gasteiger partial charge in [0.2, 0.25) is 0 Å². The number of nitrogens with one attached hydrogen (secondary N) is 2. The molecule has 0 aliphatic carbocycles. The van der Waals surface area contributed by atoms with E-state index in [2.05, 4.69) is 27.8 Å². The molecule has 0 amide bonds. The third kappa shape index (κ3) is 7.82. The Morgan fingerprint density at radius 2 is 1.82 bits per heavy atom. The number of nitrogens with zero attached hydrogens (tertiary/aromatic N) is 1. The predicted octanol–water partition coefficient (Wildman–Crippen LogP) is 4.19. The number of rotatable bonds is 9. The molecular formula is C25H35FIN3O3. The highest BCUT2D eigenvalue weighted by molar-refractivity contribution is 14.0. The van der Waals surface area contributed by atoms with Crippen LogP contribution in [0.1, 0.15) is 29.5 Å². The molecule has 2 aromatic rings. The van der Waals surface area contributed by atoms with Crippen LogP contribution in [-0.4, -0.2) is 53.1 Å². The molecule has 6 nitrogen and oxygen atoms in total. The molecule has 0 saturated carbocycles. The number of guanidine groups is 1. The first kappa shape index (κ1) is 27.3. The fraction of sp³-hybridized carbons (Fsp3) is 0.480. The van der Waals surface area contributed by atoms with Gasteiger partial charge in [-0.15, -0.1) is 24.0 Å². The maximum absolute atomic E-state index is 13.5. The van der Waals surface area contributed by atoms with Crippen molar-refractivity contribution in [3.8, 4) is 5.75 Å². The first-order valence-corrected chi connectivity index (χ1v) is 11.1. The summed E-state index contributed by atoms with van der Waals surface area (Å²) in [4.78, 5) is 4.39. The molecule has 0 aromatic heterocycles. The molecule has 3 rings (SSSR count). The van der Waals surface area contributed by atoms with E-state index in [0.29, 0.717) is 45.5 Å². The maximum atomic E-state index is 13.5. The lowest BCUT2D eigenvalue weighted by atomic mass is 9.74. The summed E-state index contributed by atoms with van der Waals surface area (Å²) >= 11 is 0. The van der Waals surface area contributed by atoms with E-state index >= 15 is 0 Å². The van der Waals surface area contributed by atoms with Crippen LogP contribution in [-0.2, 0) is 21.4 Å². The lowest BCUT2D eigenvalue weighted by Gasteiger charge is -2.38. The molecular weight excluding hydrogens is 536 g/mol. The van der Waals surface area contributed by atoms with Gasteiger partial charge >= 0.3 is 0 Å². The smallest absolute Gasteiger partial charge is 0.191 e. The quantitative estimate of drug-likeness (QED) is 0.205. The van der Waals surface area contributed by atoms with Crippen LogP contribution in [0.5, 0.6) is 5.75 Å². The summed E-state index contributed by atoms with van der Waals surface area (Å²) in [6.45, 7) is 5.74. The number of aliphatic imine (C=N–C) groups is 1. The molecule has 0 bridgehead atoms. The number of halogens is 2. The summed E-state index contributed by atoms with van der Waals surface area (Å²) in [6.07, 6.45) is 1.75. The lowest BCUT2D eigenvalue weighted by molar-refractivity contribution is 0.0513. The SMILES string of the molecule is CN=C(NCc1ccc(C)cc1OCCOC)NCC1(c2ccc(F)cc2)CCOCC1.I. The molecule has 1 heterocycles. The standard InChI is InChI=1S/C25H34FN3O3.HI/c1-19-4-5-20(23(16-19)32-15-14-30-3)17-28-24(27-2)29-18-25(10-12-31-13-11-25)21-6-8-22(26)9-7-21;/h4-9,16H,10-15,17-18H2,1-3H3,(H2,27,28,29);1H. The van der Waals surface area contributed by atoms with Crippen molar-refractivity contribution < 1.29 is 18.6 Å². The van der Waals surface area contributed by atoms with Gasteiger partial charge in [-0.2, -0.15) is 0 Å². The number of hydrogen-bond donors (Lipinski definition) is 2. The monoisotopic (exact) mass is 571 g/mol.